The fourth-order valence-electron chi connectivity index (χ4n) is 2.55. The van der Waals surface area contributed by atoms with Gasteiger partial charge in [-0.15, -0.1) is 0 Å². The summed E-state index contributed by atoms with van der Waals surface area (Å²) in [5.74, 6) is 0. The molecule has 0 N–H and O–H groups in total. The third-order valence-electron chi connectivity index (χ3n) is 3.70. The van der Waals surface area contributed by atoms with Crippen LogP contribution in [0.25, 0.3) is 21.9 Å². The van der Waals surface area contributed by atoms with E-state index in [0.29, 0.717) is 17.9 Å². The van der Waals surface area contributed by atoms with Crippen LogP contribution in [-0.4, -0.2) is 0 Å². The van der Waals surface area contributed by atoms with Crippen molar-refractivity contribution in [2.75, 3.05) is 0 Å². The fraction of sp³-hybridized carbons (Fsp3) is 0. The van der Waals surface area contributed by atoms with E-state index >= 15 is 0 Å². The molecule has 0 aliphatic carbocycles. The van der Waals surface area contributed by atoms with Crippen LogP contribution < -0.4 is 25.2 Å². The summed E-state index contributed by atoms with van der Waals surface area (Å²) >= 11 is -3.28. The Kier molecular flexibility index (Phi) is 4.95. The van der Waals surface area contributed by atoms with Gasteiger partial charge in [-0.3, -0.25) is 0 Å². The molecule has 28 heavy (non-hydrogen) atoms. The molecule has 2 heterocycles. The summed E-state index contributed by atoms with van der Waals surface area (Å²) in [5.41, 5.74) is -0.646. The van der Waals surface area contributed by atoms with E-state index in [2.05, 4.69) is 0 Å². The van der Waals surface area contributed by atoms with E-state index in [1.165, 1.54) is 24.3 Å². The second kappa shape index (κ2) is 7.28. The quantitative estimate of drug-likeness (QED) is 0.278. The maximum atomic E-state index is 11.5. The van der Waals surface area contributed by atoms with E-state index in [-0.39, 0.29) is 11.2 Å². The average molecular weight is 517 g/mol. The van der Waals surface area contributed by atoms with Crippen molar-refractivity contribution in [3.05, 3.63) is 88.6 Å². The number of benzene rings is 2. The standard InChI is InChI=1S/C18H10ClIO8/c21-17-7-3-11-1-5-13(9-15(11)26-17)20(28-19(23,24)25)14-6-2-12-4-8-18(22)27-16(12)10-14/h1-10H. The van der Waals surface area contributed by atoms with E-state index in [1.807, 2.05) is 0 Å². The zero-order valence-corrected chi connectivity index (χ0v) is 16.7. The molecular weight excluding hydrogens is 507 g/mol. The Morgan fingerprint density at radius 3 is 1.57 bits per heavy atom. The Bertz CT molecular complexity index is 1200. The van der Waals surface area contributed by atoms with Crippen LogP contribution in [0.3, 0.4) is 0 Å². The first kappa shape index (κ1) is 19.1. The first-order chi connectivity index (χ1) is 13.3. The summed E-state index contributed by atoms with van der Waals surface area (Å²) < 4.78 is 49.9. The van der Waals surface area contributed by atoms with E-state index in [9.17, 15) is 23.6 Å². The Hall–Kier alpha value is -2.28. The zero-order valence-electron chi connectivity index (χ0n) is 13.8. The third-order valence-corrected chi connectivity index (χ3v) is 9.78. The topological polar surface area (TPSA) is 139 Å². The van der Waals surface area contributed by atoms with Gasteiger partial charge in [-0.1, -0.05) is 0 Å². The molecule has 144 valence electrons. The van der Waals surface area contributed by atoms with Crippen molar-refractivity contribution >= 4 is 42.2 Å². The molecule has 0 aliphatic heterocycles. The molecule has 0 radical (unpaired) electrons. The van der Waals surface area contributed by atoms with Crippen molar-refractivity contribution < 1.29 is 35.7 Å². The van der Waals surface area contributed by atoms with Gasteiger partial charge in [-0.05, 0) is 0 Å². The predicted octanol–water partition coefficient (Wildman–Crippen LogP) is 0.274. The van der Waals surface area contributed by atoms with Crippen LogP contribution in [0.1, 0.15) is 0 Å². The van der Waals surface area contributed by atoms with Crippen LogP contribution in [0.15, 0.2) is 79.1 Å². The molecule has 2 aromatic heterocycles. The Morgan fingerprint density at radius 2 is 1.14 bits per heavy atom. The molecule has 4 aromatic rings. The Labute approximate surface area is 166 Å². The molecule has 0 unspecified atom stereocenters. The average Bonchev–Trinajstić information content (AvgIpc) is 2.64. The van der Waals surface area contributed by atoms with Crippen LogP contribution >= 0.6 is 20.2 Å². The van der Waals surface area contributed by atoms with Crippen molar-refractivity contribution in [3.63, 3.8) is 0 Å². The van der Waals surface area contributed by atoms with E-state index in [0.717, 1.165) is 0 Å². The molecule has 0 amide bonds. The van der Waals surface area contributed by atoms with Gasteiger partial charge in [0.1, 0.15) is 0 Å². The molecule has 8 nitrogen and oxygen atoms in total. The van der Waals surface area contributed by atoms with Gasteiger partial charge in [0.15, 0.2) is 0 Å². The van der Waals surface area contributed by atoms with Crippen molar-refractivity contribution in [1.29, 1.82) is 0 Å². The van der Waals surface area contributed by atoms with Gasteiger partial charge in [0.25, 0.3) is 0 Å². The van der Waals surface area contributed by atoms with E-state index in [4.69, 9.17) is 11.5 Å². The summed E-state index contributed by atoms with van der Waals surface area (Å²) in [6.07, 6.45) is 0. The van der Waals surface area contributed by atoms with Crippen molar-refractivity contribution in [3.8, 4) is 0 Å². The Morgan fingerprint density at radius 1 is 0.714 bits per heavy atom. The van der Waals surface area contributed by atoms with Gasteiger partial charge in [-0.2, -0.15) is 0 Å². The van der Waals surface area contributed by atoms with E-state index in [1.54, 1.807) is 36.4 Å². The molecule has 0 aliphatic rings. The number of halogens is 2. The van der Waals surface area contributed by atoms with Gasteiger partial charge >= 0.3 is 166 Å². The van der Waals surface area contributed by atoms with Crippen LogP contribution in [-0.2, 0) is 2.62 Å². The molecule has 0 saturated carbocycles. The Balaban J connectivity index is 1.88. The predicted molar refractivity (Wildman–Crippen MR) is 97.5 cm³/mol. The van der Waals surface area contributed by atoms with Gasteiger partial charge < -0.3 is 0 Å². The minimum atomic E-state index is -4.71. The maximum absolute atomic E-state index is 11.5. The van der Waals surface area contributed by atoms with E-state index < -0.39 is 41.7 Å². The van der Waals surface area contributed by atoms with Crippen LogP contribution in [0, 0.1) is 17.4 Å². The first-order valence-corrected chi connectivity index (χ1v) is 11.9. The first-order valence-electron chi connectivity index (χ1n) is 7.67. The second-order valence-corrected chi connectivity index (χ2v) is 11.3. The van der Waals surface area contributed by atoms with Crippen LogP contribution in [0.5, 0.6) is 0 Å². The van der Waals surface area contributed by atoms with Gasteiger partial charge in [-0.25, -0.2) is 0 Å². The number of fused-ring (bicyclic) bond motifs is 2. The number of rotatable bonds is 4. The van der Waals surface area contributed by atoms with Crippen molar-refractivity contribution in [1.82, 2.24) is 0 Å². The molecule has 0 atom stereocenters. The van der Waals surface area contributed by atoms with Gasteiger partial charge in [0.2, 0.25) is 0 Å². The molecule has 2 aromatic carbocycles. The molecule has 10 heteroatoms. The van der Waals surface area contributed by atoms with Gasteiger partial charge in [0.05, 0.1) is 0 Å². The molecule has 4 rings (SSSR count). The third kappa shape index (κ3) is 4.09. The normalized spacial score (nSPS) is 12.5. The fourth-order valence-corrected chi connectivity index (χ4v) is 8.06. The minimum absolute atomic E-state index is 0.239. The molecule has 0 fully saturated rings. The molecular formula is C18H10ClIO8. The monoisotopic (exact) mass is 516 g/mol. The summed E-state index contributed by atoms with van der Waals surface area (Å²) in [7, 11) is -4.71. The van der Waals surface area contributed by atoms with Gasteiger partial charge in [0, 0.05) is 0 Å². The molecule has 0 saturated heterocycles. The number of hydrogen-bond donors (Lipinski definition) is 0. The van der Waals surface area contributed by atoms with Crippen molar-refractivity contribution in [2.45, 2.75) is 0 Å². The summed E-state index contributed by atoms with van der Waals surface area (Å²) in [6.45, 7) is 0. The number of hydrogen-bond acceptors (Lipinski definition) is 8. The molecule has 0 bridgehead atoms. The van der Waals surface area contributed by atoms with Crippen LogP contribution in [0.2, 0.25) is 0 Å². The SMILES string of the molecule is O=c1ccc2ccc(I(O[Cl+3]([O-])([O-])[O-])c3ccc4ccc(=O)oc4c3)cc2o1. The van der Waals surface area contributed by atoms with Crippen molar-refractivity contribution in [2.24, 2.45) is 0 Å². The summed E-state index contributed by atoms with van der Waals surface area (Å²) in [4.78, 5) is 22.9. The summed E-state index contributed by atoms with van der Waals surface area (Å²) in [5, 5.41) is 1.26. The summed E-state index contributed by atoms with van der Waals surface area (Å²) in [6, 6.07) is 15.1. The zero-order chi connectivity index (χ0) is 19.9. The molecule has 0 spiro atoms. The van der Waals surface area contributed by atoms with Crippen LogP contribution in [0.4, 0.5) is 0 Å². The second-order valence-electron chi connectivity index (χ2n) is 5.56.